The van der Waals surface area contributed by atoms with E-state index in [1.807, 2.05) is 18.2 Å². The number of hydrogen-bond donors (Lipinski definition) is 1. The van der Waals surface area contributed by atoms with Gasteiger partial charge in [-0.1, -0.05) is 37.1 Å². The summed E-state index contributed by atoms with van der Waals surface area (Å²) in [5, 5.41) is 0. The van der Waals surface area contributed by atoms with E-state index in [9.17, 15) is 4.79 Å². The monoisotopic (exact) mass is 384 g/mol. The van der Waals surface area contributed by atoms with Crippen LogP contribution in [0.3, 0.4) is 0 Å². The molecule has 0 unspecified atom stereocenters. The van der Waals surface area contributed by atoms with Gasteiger partial charge < -0.3 is 9.47 Å². The Labute approximate surface area is 165 Å². The third-order valence-corrected chi connectivity index (χ3v) is 5.53. The van der Waals surface area contributed by atoms with Crippen molar-refractivity contribution in [1.82, 2.24) is 9.21 Å². The smallest absolute Gasteiger partial charge is 0.264 e. The summed E-state index contributed by atoms with van der Waals surface area (Å²) < 4.78 is 12.9. The van der Waals surface area contributed by atoms with E-state index in [1.165, 1.54) is 15.4 Å². The molecule has 1 amide bonds. The molecule has 2 aliphatic rings. The molecule has 0 bridgehead atoms. The number of carbonyl (C=O) groups excluding carboxylic acids is 1. The molecule has 2 aromatic carbocycles. The van der Waals surface area contributed by atoms with Gasteiger partial charge in [-0.3, -0.25) is 14.0 Å². The number of hydrogen-bond acceptors (Lipinski definition) is 5. The standard InChI is InChI=1S/C21H24N2O3S/c1-15-11-16(12-22-7-9-25-10-8-22)5-6-17(15)14-26-20-4-2-3-18-19(20)13-23(27)21(18)24/h2-6,11,27H,7-10,12-14H2,1H3. The van der Waals surface area contributed by atoms with Crippen molar-refractivity contribution in [2.45, 2.75) is 26.6 Å². The lowest BCUT2D eigenvalue weighted by atomic mass is 10.0. The van der Waals surface area contributed by atoms with Crippen molar-refractivity contribution in [3.63, 3.8) is 0 Å². The average Bonchev–Trinajstić information content (AvgIpc) is 2.97. The van der Waals surface area contributed by atoms with E-state index < -0.39 is 0 Å². The number of fused-ring (bicyclic) bond motifs is 1. The van der Waals surface area contributed by atoms with Gasteiger partial charge in [-0.15, -0.1) is 0 Å². The van der Waals surface area contributed by atoms with Gasteiger partial charge >= 0.3 is 0 Å². The Bertz CT molecular complexity index is 849. The fourth-order valence-corrected chi connectivity index (χ4v) is 3.87. The Hall–Kier alpha value is -2.02. The zero-order valence-electron chi connectivity index (χ0n) is 15.5. The molecule has 0 saturated carbocycles. The second-order valence-corrected chi connectivity index (χ2v) is 7.57. The summed E-state index contributed by atoms with van der Waals surface area (Å²) >= 11 is 4.22. The number of ether oxygens (including phenoxy) is 2. The predicted octanol–water partition coefficient (Wildman–Crippen LogP) is 3.21. The number of thiol groups is 1. The molecule has 0 spiro atoms. The summed E-state index contributed by atoms with van der Waals surface area (Å²) in [5.74, 6) is 0.691. The number of rotatable bonds is 5. The largest absolute Gasteiger partial charge is 0.489 e. The lowest BCUT2D eigenvalue weighted by molar-refractivity contribution is 0.0342. The number of carbonyl (C=O) groups is 1. The third-order valence-electron chi connectivity index (χ3n) is 5.21. The van der Waals surface area contributed by atoms with Gasteiger partial charge in [-0.25, -0.2) is 0 Å². The Morgan fingerprint density at radius 2 is 2.00 bits per heavy atom. The maximum Gasteiger partial charge on any atom is 0.264 e. The highest BCUT2D eigenvalue weighted by Crippen LogP contribution is 2.32. The maximum absolute atomic E-state index is 12.1. The van der Waals surface area contributed by atoms with Crippen LogP contribution >= 0.6 is 12.8 Å². The minimum Gasteiger partial charge on any atom is -0.489 e. The number of morpholine rings is 1. The van der Waals surface area contributed by atoms with Crippen molar-refractivity contribution < 1.29 is 14.3 Å². The Kier molecular flexibility index (Phi) is 5.38. The van der Waals surface area contributed by atoms with E-state index in [-0.39, 0.29) is 5.91 Å². The molecule has 27 heavy (non-hydrogen) atoms. The van der Waals surface area contributed by atoms with E-state index in [4.69, 9.17) is 9.47 Å². The van der Waals surface area contributed by atoms with Gasteiger partial charge in [0.15, 0.2) is 0 Å². The van der Waals surface area contributed by atoms with Crippen LogP contribution in [-0.4, -0.2) is 41.4 Å². The quantitative estimate of drug-likeness (QED) is 0.804. The van der Waals surface area contributed by atoms with Crippen molar-refractivity contribution in [1.29, 1.82) is 0 Å². The molecule has 0 radical (unpaired) electrons. The summed E-state index contributed by atoms with van der Waals surface area (Å²) in [4.78, 5) is 14.5. The van der Waals surface area contributed by atoms with Crippen LogP contribution in [0.15, 0.2) is 36.4 Å². The number of aryl methyl sites for hydroxylation is 1. The Balaban J connectivity index is 1.43. The molecule has 0 aliphatic carbocycles. The molecular weight excluding hydrogens is 360 g/mol. The molecule has 0 atom stereocenters. The van der Waals surface area contributed by atoms with Crippen molar-refractivity contribution >= 4 is 18.7 Å². The van der Waals surface area contributed by atoms with Gasteiger partial charge in [0.1, 0.15) is 12.4 Å². The molecule has 1 fully saturated rings. The molecule has 0 aromatic heterocycles. The molecule has 6 heteroatoms. The lowest BCUT2D eigenvalue weighted by Gasteiger charge is -2.26. The van der Waals surface area contributed by atoms with Gasteiger partial charge in [-0.2, -0.15) is 0 Å². The van der Waals surface area contributed by atoms with Crippen molar-refractivity contribution in [2.24, 2.45) is 0 Å². The first-order chi connectivity index (χ1) is 13.1. The first-order valence-corrected chi connectivity index (χ1v) is 9.66. The topological polar surface area (TPSA) is 42.0 Å². The lowest BCUT2D eigenvalue weighted by Crippen LogP contribution is -2.35. The minimum atomic E-state index is -0.0672. The molecule has 0 N–H and O–H groups in total. The normalized spacial score (nSPS) is 17.3. The van der Waals surface area contributed by atoms with Crippen LogP contribution in [0.5, 0.6) is 5.75 Å². The molecule has 2 aliphatic heterocycles. The van der Waals surface area contributed by atoms with Crippen LogP contribution in [0.25, 0.3) is 0 Å². The highest BCUT2D eigenvalue weighted by molar-refractivity contribution is 7.78. The highest BCUT2D eigenvalue weighted by atomic mass is 32.1. The van der Waals surface area contributed by atoms with Crippen LogP contribution in [-0.2, 0) is 24.4 Å². The van der Waals surface area contributed by atoms with Crippen molar-refractivity contribution in [3.05, 3.63) is 64.2 Å². The molecule has 5 nitrogen and oxygen atoms in total. The fourth-order valence-electron chi connectivity index (χ4n) is 3.62. The SMILES string of the molecule is Cc1cc(CN2CCOCC2)ccc1COc1cccc2c1CN(S)C2=O. The van der Waals surface area contributed by atoms with Crippen LogP contribution in [0.2, 0.25) is 0 Å². The molecule has 142 valence electrons. The summed E-state index contributed by atoms with van der Waals surface area (Å²) in [7, 11) is 0. The van der Waals surface area contributed by atoms with Gasteiger partial charge in [0.2, 0.25) is 0 Å². The number of benzene rings is 2. The van der Waals surface area contributed by atoms with Gasteiger partial charge in [0, 0.05) is 30.8 Å². The summed E-state index contributed by atoms with van der Waals surface area (Å²) in [6.07, 6.45) is 0. The van der Waals surface area contributed by atoms with E-state index in [0.29, 0.717) is 18.7 Å². The van der Waals surface area contributed by atoms with Crippen LogP contribution in [0.1, 0.15) is 32.6 Å². The Morgan fingerprint density at radius 1 is 1.19 bits per heavy atom. The molecule has 2 aromatic rings. The average molecular weight is 385 g/mol. The van der Waals surface area contributed by atoms with E-state index in [2.05, 4.69) is 42.8 Å². The number of amides is 1. The second-order valence-electron chi connectivity index (χ2n) is 7.08. The third kappa shape index (κ3) is 3.98. The summed E-state index contributed by atoms with van der Waals surface area (Å²) in [6, 6.07) is 12.2. The molecular formula is C21H24N2O3S. The summed E-state index contributed by atoms with van der Waals surface area (Å²) in [5.41, 5.74) is 5.29. The maximum atomic E-state index is 12.1. The van der Waals surface area contributed by atoms with Gasteiger partial charge in [0.05, 0.1) is 19.8 Å². The molecule has 2 heterocycles. The number of nitrogens with zero attached hydrogens (tertiary/aromatic N) is 2. The zero-order valence-corrected chi connectivity index (χ0v) is 16.4. The summed E-state index contributed by atoms with van der Waals surface area (Å²) in [6.45, 7) is 7.66. The van der Waals surface area contributed by atoms with Crippen LogP contribution < -0.4 is 4.74 Å². The van der Waals surface area contributed by atoms with Gasteiger partial charge in [-0.05, 0) is 35.7 Å². The van der Waals surface area contributed by atoms with Gasteiger partial charge in [0.25, 0.3) is 5.91 Å². The van der Waals surface area contributed by atoms with Crippen LogP contribution in [0.4, 0.5) is 0 Å². The molecule has 1 saturated heterocycles. The van der Waals surface area contributed by atoms with Crippen molar-refractivity contribution in [2.75, 3.05) is 26.3 Å². The first-order valence-electron chi connectivity index (χ1n) is 9.26. The van der Waals surface area contributed by atoms with E-state index in [1.54, 1.807) is 0 Å². The highest BCUT2D eigenvalue weighted by Gasteiger charge is 2.28. The van der Waals surface area contributed by atoms with E-state index >= 15 is 0 Å². The second kappa shape index (κ2) is 7.92. The minimum absolute atomic E-state index is 0.0672. The Morgan fingerprint density at radius 3 is 2.78 bits per heavy atom. The predicted molar refractivity (Wildman–Crippen MR) is 107 cm³/mol. The van der Waals surface area contributed by atoms with Crippen molar-refractivity contribution in [3.8, 4) is 5.75 Å². The van der Waals surface area contributed by atoms with Crippen LogP contribution in [0, 0.1) is 6.92 Å². The van der Waals surface area contributed by atoms with E-state index in [0.717, 1.165) is 49.7 Å². The molecule has 4 rings (SSSR count). The fraction of sp³-hybridized carbons (Fsp3) is 0.381. The first kappa shape index (κ1) is 18.3. The zero-order chi connectivity index (χ0) is 18.8.